The van der Waals surface area contributed by atoms with E-state index in [1.807, 2.05) is 57.2 Å². The number of benzene rings is 2. The lowest BCUT2D eigenvalue weighted by Crippen LogP contribution is -2.25. The third kappa shape index (κ3) is 3.95. The van der Waals surface area contributed by atoms with Crippen molar-refractivity contribution in [2.24, 2.45) is 0 Å². The molecule has 116 valence electrons. The van der Waals surface area contributed by atoms with Crippen molar-refractivity contribution in [3.05, 3.63) is 60.2 Å². The Balaban J connectivity index is 2.45. The van der Waals surface area contributed by atoms with Crippen LogP contribution in [0.2, 0.25) is 0 Å². The summed E-state index contributed by atoms with van der Waals surface area (Å²) in [6, 6.07) is 11.9. The van der Waals surface area contributed by atoms with E-state index in [0.717, 1.165) is 16.3 Å². The molecule has 0 unspecified atom stereocenters. The smallest absolute Gasteiger partial charge is 0.338 e. The summed E-state index contributed by atoms with van der Waals surface area (Å²) in [6.45, 7) is 10.6. The second-order valence-corrected chi connectivity index (χ2v) is 6.23. The van der Waals surface area contributed by atoms with E-state index in [1.165, 1.54) is 0 Å². The average molecular weight is 297 g/mol. The predicted octanol–water partition coefficient (Wildman–Crippen LogP) is 4.07. The van der Waals surface area contributed by atoms with Gasteiger partial charge in [0, 0.05) is 13.1 Å². The van der Waals surface area contributed by atoms with Crippen molar-refractivity contribution in [1.29, 1.82) is 0 Å². The molecular weight excluding hydrogens is 274 g/mol. The third-order valence-electron chi connectivity index (χ3n) is 3.25. The highest BCUT2D eigenvalue weighted by molar-refractivity contribution is 5.98. The van der Waals surface area contributed by atoms with Crippen LogP contribution in [0.25, 0.3) is 10.8 Å². The van der Waals surface area contributed by atoms with Gasteiger partial charge in [0.25, 0.3) is 0 Å². The zero-order valence-corrected chi connectivity index (χ0v) is 13.5. The first-order chi connectivity index (χ1) is 10.4. The van der Waals surface area contributed by atoms with Gasteiger partial charge in [0.2, 0.25) is 0 Å². The van der Waals surface area contributed by atoms with E-state index in [4.69, 9.17) is 4.74 Å². The van der Waals surface area contributed by atoms with Gasteiger partial charge in [-0.05, 0) is 43.2 Å². The molecule has 0 amide bonds. The Morgan fingerprint density at radius 2 is 1.95 bits per heavy atom. The third-order valence-corrected chi connectivity index (χ3v) is 3.25. The molecule has 0 aliphatic rings. The van der Waals surface area contributed by atoms with Gasteiger partial charge >= 0.3 is 5.97 Å². The van der Waals surface area contributed by atoms with E-state index in [9.17, 15) is 4.79 Å². The van der Waals surface area contributed by atoms with Crippen molar-refractivity contribution in [1.82, 2.24) is 5.32 Å². The van der Waals surface area contributed by atoms with Gasteiger partial charge < -0.3 is 10.1 Å². The first kappa shape index (κ1) is 16.2. The van der Waals surface area contributed by atoms with Crippen LogP contribution in [-0.2, 0) is 11.3 Å². The summed E-state index contributed by atoms with van der Waals surface area (Å²) in [7, 11) is 0. The molecule has 1 N–H and O–H groups in total. The lowest BCUT2D eigenvalue weighted by Gasteiger charge is -2.21. The quantitative estimate of drug-likeness (QED) is 0.513. The maximum atomic E-state index is 12.5. The molecule has 22 heavy (non-hydrogen) atoms. The zero-order valence-electron chi connectivity index (χ0n) is 13.5. The summed E-state index contributed by atoms with van der Waals surface area (Å²) in [5.74, 6) is -0.284. The first-order valence-corrected chi connectivity index (χ1v) is 7.48. The van der Waals surface area contributed by atoms with Crippen molar-refractivity contribution in [3.8, 4) is 0 Å². The van der Waals surface area contributed by atoms with Crippen LogP contribution in [0, 0.1) is 0 Å². The van der Waals surface area contributed by atoms with Crippen LogP contribution in [0.4, 0.5) is 0 Å². The summed E-state index contributed by atoms with van der Waals surface area (Å²) >= 11 is 0. The molecule has 2 rings (SSSR count). The molecule has 0 aliphatic carbocycles. The molecular formula is C19H23NO2. The summed E-state index contributed by atoms with van der Waals surface area (Å²) in [4.78, 5) is 12.5. The van der Waals surface area contributed by atoms with E-state index in [0.29, 0.717) is 18.7 Å². The molecule has 0 fully saturated rings. The van der Waals surface area contributed by atoms with Crippen LogP contribution in [0.5, 0.6) is 0 Å². The molecule has 0 atom stereocenters. The van der Waals surface area contributed by atoms with Gasteiger partial charge in [-0.25, -0.2) is 4.79 Å². The summed E-state index contributed by atoms with van der Waals surface area (Å²) in [5.41, 5.74) is 1.08. The van der Waals surface area contributed by atoms with Gasteiger partial charge in [0.15, 0.2) is 0 Å². The van der Waals surface area contributed by atoms with Crippen molar-refractivity contribution >= 4 is 16.7 Å². The normalized spacial score (nSPS) is 11.4. The van der Waals surface area contributed by atoms with Gasteiger partial charge in [0.05, 0.1) is 5.56 Å². The molecule has 0 spiro atoms. The highest BCUT2D eigenvalue weighted by Gasteiger charge is 2.21. The van der Waals surface area contributed by atoms with Crippen molar-refractivity contribution in [2.45, 2.75) is 32.9 Å². The number of fused-ring (bicyclic) bond motifs is 1. The number of carbonyl (C=O) groups is 1. The Kier molecular flexibility index (Phi) is 4.99. The van der Waals surface area contributed by atoms with Crippen LogP contribution >= 0.6 is 0 Å². The molecule has 0 aromatic heterocycles. The van der Waals surface area contributed by atoms with Crippen LogP contribution in [0.3, 0.4) is 0 Å². The SMILES string of the molecule is C=CCNCc1c(C(=O)OC(C)(C)C)ccc2ccccc12. The molecule has 0 saturated carbocycles. The Morgan fingerprint density at radius 1 is 1.23 bits per heavy atom. The molecule has 3 nitrogen and oxygen atoms in total. The molecule has 0 saturated heterocycles. The highest BCUT2D eigenvalue weighted by Crippen LogP contribution is 2.24. The van der Waals surface area contributed by atoms with Gasteiger partial charge in [-0.15, -0.1) is 6.58 Å². The summed E-state index contributed by atoms with van der Waals surface area (Å²) in [5, 5.41) is 5.46. The summed E-state index contributed by atoms with van der Waals surface area (Å²) < 4.78 is 5.53. The maximum absolute atomic E-state index is 12.5. The van der Waals surface area contributed by atoms with E-state index >= 15 is 0 Å². The van der Waals surface area contributed by atoms with Gasteiger partial charge in [0.1, 0.15) is 5.60 Å². The Hall–Kier alpha value is -2.13. The van der Waals surface area contributed by atoms with Gasteiger partial charge in [-0.3, -0.25) is 0 Å². The monoisotopic (exact) mass is 297 g/mol. The fraction of sp³-hybridized carbons (Fsp3) is 0.316. The van der Waals surface area contributed by atoms with Crippen molar-refractivity contribution in [3.63, 3.8) is 0 Å². The van der Waals surface area contributed by atoms with E-state index in [2.05, 4.69) is 11.9 Å². The molecule has 0 bridgehead atoms. The minimum atomic E-state index is -0.505. The fourth-order valence-electron chi connectivity index (χ4n) is 2.35. The Morgan fingerprint density at radius 3 is 2.64 bits per heavy atom. The van der Waals surface area contributed by atoms with Crippen LogP contribution < -0.4 is 5.32 Å². The number of esters is 1. The fourth-order valence-corrected chi connectivity index (χ4v) is 2.35. The minimum Gasteiger partial charge on any atom is -0.456 e. The van der Waals surface area contributed by atoms with E-state index < -0.39 is 5.60 Å². The van der Waals surface area contributed by atoms with E-state index in [-0.39, 0.29) is 5.97 Å². The second-order valence-electron chi connectivity index (χ2n) is 6.23. The molecule has 2 aromatic rings. The average Bonchev–Trinajstić information content (AvgIpc) is 2.45. The summed E-state index contributed by atoms with van der Waals surface area (Å²) in [6.07, 6.45) is 1.80. The molecule has 0 aliphatic heterocycles. The topological polar surface area (TPSA) is 38.3 Å². The molecule has 0 radical (unpaired) electrons. The lowest BCUT2D eigenvalue weighted by atomic mass is 9.98. The Labute approximate surface area is 132 Å². The number of hydrogen-bond acceptors (Lipinski definition) is 3. The van der Waals surface area contributed by atoms with Crippen molar-refractivity contribution < 1.29 is 9.53 Å². The number of hydrogen-bond donors (Lipinski definition) is 1. The lowest BCUT2D eigenvalue weighted by molar-refractivity contribution is 0.00684. The maximum Gasteiger partial charge on any atom is 0.338 e. The van der Waals surface area contributed by atoms with Gasteiger partial charge in [-0.2, -0.15) is 0 Å². The molecule has 3 heteroatoms. The molecule has 2 aromatic carbocycles. The number of rotatable bonds is 5. The number of nitrogens with one attached hydrogen (secondary N) is 1. The first-order valence-electron chi connectivity index (χ1n) is 7.48. The number of ether oxygens (including phenoxy) is 1. The minimum absolute atomic E-state index is 0.284. The van der Waals surface area contributed by atoms with Crippen molar-refractivity contribution in [2.75, 3.05) is 6.54 Å². The molecule has 0 heterocycles. The largest absolute Gasteiger partial charge is 0.456 e. The van der Waals surface area contributed by atoms with Gasteiger partial charge in [-0.1, -0.05) is 36.4 Å². The second kappa shape index (κ2) is 6.75. The Bertz CT molecular complexity index is 683. The van der Waals surface area contributed by atoms with Crippen LogP contribution in [-0.4, -0.2) is 18.1 Å². The highest BCUT2D eigenvalue weighted by atomic mass is 16.6. The van der Waals surface area contributed by atoms with Crippen LogP contribution in [0.1, 0.15) is 36.7 Å². The zero-order chi connectivity index (χ0) is 16.2. The predicted molar refractivity (Wildman–Crippen MR) is 91.0 cm³/mol. The van der Waals surface area contributed by atoms with E-state index in [1.54, 1.807) is 6.08 Å². The number of carbonyl (C=O) groups excluding carboxylic acids is 1. The van der Waals surface area contributed by atoms with Crippen LogP contribution in [0.15, 0.2) is 49.1 Å². The standard InChI is InChI=1S/C19H23NO2/c1-5-12-20-13-17-15-9-7-6-8-14(15)10-11-16(17)18(21)22-19(2,3)4/h5-11,20H,1,12-13H2,2-4H3.